The van der Waals surface area contributed by atoms with Crippen LogP contribution in [0.5, 0.6) is 5.75 Å². The van der Waals surface area contributed by atoms with Crippen LogP contribution in [-0.4, -0.2) is 30.5 Å². The summed E-state index contributed by atoms with van der Waals surface area (Å²) in [6.07, 6.45) is 1.37. The summed E-state index contributed by atoms with van der Waals surface area (Å²) in [5.41, 5.74) is 3.35. The summed E-state index contributed by atoms with van der Waals surface area (Å²) in [6, 6.07) is 22.1. The molecule has 4 aromatic rings. The Morgan fingerprint density at radius 3 is 2.33 bits per heavy atom. The van der Waals surface area contributed by atoms with Gasteiger partial charge in [0.15, 0.2) is 0 Å². The number of carbonyl (C=O) groups is 3. The van der Waals surface area contributed by atoms with Crippen LogP contribution in [0.25, 0.3) is 10.8 Å². The van der Waals surface area contributed by atoms with Gasteiger partial charge in [-0.15, -0.1) is 0 Å². The summed E-state index contributed by atoms with van der Waals surface area (Å²) in [5, 5.41) is 8.53. The lowest BCUT2D eigenvalue weighted by Crippen LogP contribution is -2.34. The van der Waals surface area contributed by atoms with Gasteiger partial charge in [-0.3, -0.25) is 9.59 Å². The Hall–Kier alpha value is -4.56. The molecule has 4 aromatic carbocycles. The van der Waals surface area contributed by atoms with Crippen molar-refractivity contribution in [3.63, 3.8) is 0 Å². The van der Waals surface area contributed by atoms with E-state index >= 15 is 0 Å². The van der Waals surface area contributed by atoms with E-state index in [0.29, 0.717) is 16.1 Å². The maximum absolute atomic E-state index is 13.0. The Balaban J connectivity index is 1.46. The molecular formula is C27H19ClFN3O4. The smallest absolute Gasteiger partial charge is 0.343 e. The maximum atomic E-state index is 13.0. The van der Waals surface area contributed by atoms with Gasteiger partial charge >= 0.3 is 5.97 Å². The summed E-state index contributed by atoms with van der Waals surface area (Å²) in [6.45, 7) is -0.346. The fraction of sp³-hybridized carbons (Fsp3) is 0.0370. The van der Waals surface area contributed by atoms with Gasteiger partial charge in [0.05, 0.1) is 18.3 Å². The quantitative estimate of drug-likeness (QED) is 0.165. The topological polar surface area (TPSA) is 96.9 Å². The van der Waals surface area contributed by atoms with Gasteiger partial charge in [0.2, 0.25) is 0 Å². The monoisotopic (exact) mass is 503 g/mol. The van der Waals surface area contributed by atoms with E-state index in [4.69, 9.17) is 16.3 Å². The molecule has 0 spiro atoms. The standard InChI is InChI=1S/C27H19ClFN3O4/c28-20-10-5-19(6-11-20)27(35)36-24-14-9-17-3-1-2-4-22(17)23(24)15-31-32-25(33)16-30-26(34)18-7-12-21(29)13-8-18/h1-15H,16H2,(H,30,34)(H,32,33)/b31-15+. The number of nitrogens with one attached hydrogen (secondary N) is 2. The molecule has 0 radical (unpaired) electrons. The molecule has 7 nitrogen and oxygen atoms in total. The van der Waals surface area contributed by atoms with E-state index in [2.05, 4.69) is 15.8 Å². The molecular weight excluding hydrogens is 485 g/mol. The average molecular weight is 504 g/mol. The average Bonchev–Trinajstić information content (AvgIpc) is 2.89. The number of ether oxygens (including phenoxy) is 1. The number of amides is 2. The van der Waals surface area contributed by atoms with Crippen LogP contribution < -0.4 is 15.5 Å². The molecule has 4 rings (SSSR count). The van der Waals surface area contributed by atoms with E-state index in [9.17, 15) is 18.8 Å². The molecule has 36 heavy (non-hydrogen) atoms. The Morgan fingerprint density at radius 2 is 1.58 bits per heavy atom. The predicted molar refractivity (Wildman–Crippen MR) is 135 cm³/mol. The molecule has 2 N–H and O–H groups in total. The number of carbonyl (C=O) groups excluding carboxylic acids is 3. The zero-order valence-electron chi connectivity index (χ0n) is 18.7. The van der Waals surface area contributed by atoms with Crippen LogP contribution in [0.4, 0.5) is 4.39 Å². The third kappa shape index (κ3) is 6.11. The molecule has 0 atom stereocenters. The summed E-state index contributed by atoms with van der Waals surface area (Å²) in [4.78, 5) is 36.9. The summed E-state index contributed by atoms with van der Waals surface area (Å²) in [5.74, 6) is -1.91. The minimum atomic E-state index is -0.582. The van der Waals surface area contributed by atoms with E-state index in [1.807, 2.05) is 24.3 Å². The van der Waals surface area contributed by atoms with Crippen molar-refractivity contribution < 1.29 is 23.5 Å². The van der Waals surface area contributed by atoms with Crippen molar-refractivity contribution in [2.24, 2.45) is 5.10 Å². The normalized spacial score (nSPS) is 10.8. The first kappa shape index (κ1) is 24.6. The lowest BCUT2D eigenvalue weighted by Gasteiger charge is -2.11. The molecule has 0 fully saturated rings. The number of hydrogen-bond donors (Lipinski definition) is 2. The van der Waals surface area contributed by atoms with Crippen LogP contribution in [-0.2, 0) is 4.79 Å². The molecule has 0 bridgehead atoms. The first-order valence-electron chi connectivity index (χ1n) is 10.8. The fourth-order valence-electron chi connectivity index (χ4n) is 3.31. The Kier molecular flexibility index (Phi) is 7.67. The molecule has 180 valence electrons. The SMILES string of the molecule is O=C(CNC(=O)c1ccc(F)cc1)N/N=C/c1c(OC(=O)c2ccc(Cl)cc2)ccc2ccccc12. The summed E-state index contributed by atoms with van der Waals surface area (Å²) >= 11 is 5.89. The van der Waals surface area contributed by atoms with Gasteiger partial charge in [0.1, 0.15) is 11.6 Å². The van der Waals surface area contributed by atoms with Gasteiger partial charge in [-0.25, -0.2) is 14.6 Å². The Labute approximate surface area is 210 Å². The molecule has 0 saturated heterocycles. The summed E-state index contributed by atoms with van der Waals surface area (Å²) in [7, 11) is 0. The zero-order chi connectivity index (χ0) is 25.5. The number of hydrazone groups is 1. The molecule has 0 aromatic heterocycles. The van der Waals surface area contributed by atoms with E-state index in [-0.39, 0.29) is 17.9 Å². The van der Waals surface area contributed by atoms with Gasteiger partial charge in [0, 0.05) is 16.1 Å². The van der Waals surface area contributed by atoms with Crippen molar-refractivity contribution in [2.45, 2.75) is 0 Å². The second-order valence-corrected chi connectivity index (χ2v) is 8.01. The van der Waals surface area contributed by atoms with Gasteiger partial charge in [-0.1, -0.05) is 41.9 Å². The minimum Gasteiger partial charge on any atom is -0.422 e. The second-order valence-electron chi connectivity index (χ2n) is 7.58. The van der Waals surface area contributed by atoms with Crippen LogP contribution in [0.3, 0.4) is 0 Å². The van der Waals surface area contributed by atoms with Crippen molar-refractivity contribution in [2.75, 3.05) is 6.54 Å². The van der Waals surface area contributed by atoms with E-state index < -0.39 is 23.6 Å². The van der Waals surface area contributed by atoms with Crippen molar-refractivity contribution in [3.8, 4) is 5.75 Å². The highest BCUT2D eigenvalue weighted by molar-refractivity contribution is 6.30. The molecule has 0 heterocycles. The van der Waals surface area contributed by atoms with Gasteiger partial charge < -0.3 is 10.1 Å². The number of esters is 1. The third-order valence-electron chi connectivity index (χ3n) is 5.11. The van der Waals surface area contributed by atoms with E-state index in [0.717, 1.165) is 22.9 Å². The molecule has 0 saturated carbocycles. The van der Waals surface area contributed by atoms with Crippen LogP contribution in [0.1, 0.15) is 26.3 Å². The molecule has 0 unspecified atom stereocenters. The number of hydrogen-bond acceptors (Lipinski definition) is 5. The molecule has 2 amide bonds. The van der Waals surface area contributed by atoms with Gasteiger partial charge in [-0.05, 0) is 65.4 Å². The highest BCUT2D eigenvalue weighted by Crippen LogP contribution is 2.27. The van der Waals surface area contributed by atoms with Crippen molar-refractivity contribution >= 4 is 46.4 Å². The summed E-state index contributed by atoms with van der Waals surface area (Å²) < 4.78 is 18.6. The lowest BCUT2D eigenvalue weighted by atomic mass is 10.0. The number of rotatable bonds is 7. The predicted octanol–water partition coefficient (Wildman–Crippen LogP) is 4.73. The van der Waals surface area contributed by atoms with E-state index in [1.165, 1.54) is 18.3 Å². The second kappa shape index (κ2) is 11.2. The van der Waals surface area contributed by atoms with Gasteiger partial charge in [-0.2, -0.15) is 5.10 Å². The zero-order valence-corrected chi connectivity index (χ0v) is 19.5. The molecule has 0 aliphatic heterocycles. The van der Waals surface area contributed by atoms with Crippen LogP contribution in [0.15, 0.2) is 90.0 Å². The van der Waals surface area contributed by atoms with Crippen molar-refractivity contribution in [1.29, 1.82) is 0 Å². The number of nitrogens with zero attached hydrogens (tertiary/aromatic N) is 1. The van der Waals surface area contributed by atoms with Crippen LogP contribution in [0, 0.1) is 5.82 Å². The highest BCUT2D eigenvalue weighted by atomic mass is 35.5. The van der Waals surface area contributed by atoms with E-state index in [1.54, 1.807) is 36.4 Å². The van der Waals surface area contributed by atoms with Crippen molar-refractivity contribution in [3.05, 3.63) is 112 Å². The first-order valence-corrected chi connectivity index (χ1v) is 11.1. The first-order chi connectivity index (χ1) is 17.4. The number of benzene rings is 4. The largest absolute Gasteiger partial charge is 0.422 e. The number of halogens is 2. The molecule has 0 aliphatic carbocycles. The highest BCUT2D eigenvalue weighted by Gasteiger charge is 2.14. The third-order valence-corrected chi connectivity index (χ3v) is 5.36. The Bertz CT molecular complexity index is 1450. The maximum Gasteiger partial charge on any atom is 0.343 e. The lowest BCUT2D eigenvalue weighted by molar-refractivity contribution is -0.120. The Morgan fingerprint density at radius 1 is 0.889 bits per heavy atom. The fourth-order valence-corrected chi connectivity index (χ4v) is 3.44. The van der Waals surface area contributed by atoms with Crippen molar-refractivity contribution in [1.82, 2.24) is 10.7 Å². The van der Waals surface area contributed by atoms with Crippen LogP contribution >= 0.6 is 11.6 Å². The van der Waals surface area contributed by atoms with Gasteiger partial charge in [0.25, 0.3) is 11.8 Å². The number of fused-ring (bicyclic) bond motifs is 1. The molecule has 9 heteroatoms. The minimum absolute atomic E-state index is 0.218. The van der Waals surface area contributed by atoms with Crippen LogP contribution in [0.2, 0.25) is 5.02 Å². The molecule has 0 aliphatic rings.